The van der Waals surface area contributed by atoms with Crippen molar-refractivity contribution >= 4 is 23.5 Å². The Labute approximate surface area is 176 Å². The van der Waals surface area contributed by atoms with Gasteiger partial charge in [0.25, 0.3) is 5.91 Å². The highest BCUT2D eigenvalue weighted by molar-refractivity contribution is 6.32. The predicted molar refractivity (Wildman–Crippen MR) is 112 cm³/mol. The molecule has 1 N–H and O–H groups in total. The Hall–Kier alpha value is -2.73. The van der Waals surface area contributed by atoms with Gasteiger partial charge in [-0.25, -0.2) is 4.79 Å². The van der Waals surface area contributed by atoms with Crippen molar-refractivity contribution in [3.8, 4) is 11.5 Å². The first kappa shape index (κ1) is 22.6. The number of carbonyl (C=O) groups excluding carboxylic acids is 2. The Morgan fingerprint density at radius 3 is 2.48 bits per heavy atom. The van der Waals surface area contributed by atoms with E-state index >= 15 is 0 Å². The number of methoxy groups -OCH3 is 1. The van der Waals surface area contributed by atoms with Crippen LogP contribution < -0.4 is 14.8 Å². The molecule has 0 spiro atoms. The third-order valence-electron chi connectivity index (χ3n) is 4.50. The molecule has 0 aliphatic heterocycles. The van der Waals surface area contributed by atoms with Crippen LogP contribution in [-0.2, 0) is 9.53 Å². The van der Waals surface area contributed by atoms with E-state index in [1.54, 1.807) is 0 Å². The number of nitrogens with one attached hydrogen (secondary N) is 1. The summed E-state index contributed by atoms with van der Waals surface area (Å²) in [6.45, 7) is 7.74. The van der Waals surface area contributed by atoms with Crippen molar-refractivity contribution in [2.24, 2.45) is 0 Å². The van der Waals surface area contributed by atoms with Gasteiger partial charge in [-0.3, -0.25) is 4.79 Å². The van der Waals surface area contributed by atoms with Gasteiger partial charge in [-0.05, 0) is 56.5 Å². The van der Waals surface area contributed by atoms with Crippen molar-refractivity contribution in [1.82, 2.24) is 5.32 Å². The van der Waals surface area contributed by atoms with Gasteiger partial charge in [0.2, 0.25) is 0 Å². The van der Waals surface area contributed by atoms with Crippen LogP contribution in [0.5, 0.6) is 11.5 Å². The Bertz CT molecular complexity index is 897. The Kier molecular flexibility index (Phi) is 7.91. The molecule has 0 bridgehead atoms. The summed E-state index contributed by atoms with van der Waals surface area (Å²) in [7, 11) is 1.45. The third-order valence-corrected chi connectivity index (χ3v) is 4.78. The lowest BCUT2D eigenvalue weighted by Crippen LogP contribution is -2.31. The van der Waals surface area contributed by atoms with Crippen LogP contribution >= 0.6 is 11.6 Å². The summed E-state index contributed by atoms with van der Waals surface area (Å²) >= 11 is 6.17. The number of hydrogen-bond donors (Lipinski definition) is 1. The number of benzene rings is 2. The topological polar surface area (TPSA) is 73.9 Å². The van der Waals surface area contributed by atoms with Gasteiger partial charge in [0, 0.05) is 0 Å². The zero-order valence-corrected chi connectivity index (χ0v) is 18.1. The summed E-state index contributed by atoms with van der Waals surface area (Å²) in [5, 5.41) is 3.05. The molecule has 0 radical (unpaired) electrons. The average Bonchev–Trinajstić information content (AvgIpc) is 2.69. The van der Waals surface area contributed by atoms with Crippen molar-refractivity contribution < 1.29 is 23.8 Å². The van der Waals surface area contributed by atoms with Crippen LogP contribution in [0.2, 0.25) is 5.02 Å². The Morgan fingerprint density at radius 2 is 1.86 bits per heavy atom. The van der Waals surface area contributed by atoms with Crippen LogP contribution in [0.15, 0.2) is 30.3 Å². The first-order valence-corrected chi connectivity index (χ1v) is 9.68. The molecule has 0 unspecified atom stereocenters. The molecule has 2 aromatic rings. The van der Waals surface area contributed by atoms with Gasteiger partial charge in [0.05, 0.1) is 30.3 Å². The zero-order chi connectivity index (χ0) is 21.6. The van der Waals surface area contributed by atoms with Gasteiger partial charge >= 0.3 is 5.97 Å². The highest BCUT2D eigenvalue weighted by atomic mass is 35.5. The second-order valence-corrected chi connectivity index (χ2v) is 7.04. The molecular formula is C22H26ClNO5. The average molecular weight is 420 g/mol. The first-order chi connectivity index (χ1) is 13.8. The second-order valence-electron chi connectivity index (χ2n) is 6.63. The minimum absolute atomic E-state index is 0.172. The van der Waals surface area contributed by atoms with Crippen LogP contribution in [0.1, 0.15) is 46.9 Å². The summed E-state index contributed by atoms with van der Waals surface area (Å²) in [5.41, 5.74) is 3.49. The highest BCUT2D eigenvalue weighted by Crippen LogP contribution is 2.36. The number of halogens is 1. The minimum Gasteiger partial charge on any atom is -0.493 e. The molecule has 2 rings (SSSR count). The van der Waals surface area contributed by atoms with Gasteiger partial charge in [-0.2, -0.15) is 0 Å². The number of esters is 1. The monoisotopic (exact) mass is 419 g/mol. The molecule has 6 nitrogen and oxygen atoms in total. The van der Waals surface area contributed by atoms with E-state index in [2.05, 4.69) is 5.32 Å². The van der Waals surface area contributed by atoms with Crippen LogP contribution in [0.25, 0.3) is 0 Å². The summed E-state index contributed by atoms with van der Waals surface area (Å²) < 4.78 is 15.8. The van der Waals surface area contributed by atoms with E-state index in [9.17, 15) is 9.59 Å². The summed E-state index contributed by atoms with van der Waals surface area (Å²) in [4.78, 5) is 24.5. The molecule has 29 heavy (non-hydrogen) atoms. The van der Waals surface area contributed by atoms with Gasteiger partial charge < -0.3 is 19.5 Å². The molecule has 2 aromatic carbocycles. The summed E-state index contributed by atoms with van der Waals surface area (Å²) in [6.07, 6.45) is 0. The molecule has 1 atom stereocenters. The number of ether oxygens (including phenoxy) is 3. The zero-order valence-electron chi connectivity index (χ0n) is 17.3. The van der Waals surface area contributed by atoms with E-state index in [0.29, 0.717) is 18.1 Å². The van der Waals surface area contributed by atoms with Crippen LogP contribution in [0.4, 0.5) is 0 Å². The van der Waals surface area contributed by atoms with E-state index in [4.69, 9.17) is 25.8 Å². The lowest BCUT2D eigenvalue weighted by atomic mass is 10.0. The minimum atomic E-state index is -0.678. The molecule has 0 aromatic heterocycles. The fourth-order valence-electron chi connectivity index (χ4n) is 2.74. The van der Waals surface area contributed by atoms with E-state index in [1.165, 1.54) is 24.8 Å². The van der Waals surface area contributed by atoms with Gasteiger partial charge in [-0.15, -0.1) is 0 Å². The Morgan fingerprint density at radius 1 is 1.14 bits per heavy atom. The first-order valence-electron chi connectivity index (χ1n) is 9.30. The third kappa shape index (κ3) is 5.87. The number of hydrogen-bond acceptors (Lipinski definition) is 5. The normalized spacial score (nSPS) is 11.5. The molecule has 156 valence electrons. The maximum Gasteiger partial charge on any atom is 0.338 e. The molecule has 0 saturated heterocycles. The van der Waals surface area contributed by atoms with Gasteiger partial charge in [0.1, 0.15) is 0 Å². The SMILES string of the molecule is CCOc1c(Cl)cc(C(=O)OCC(=O)N[C@@H](C)c2ccc(C)c(C)c2)cc1OC. The molecule has 1 amide bonds. The standard InChI is InChI=1S/C22H26ClNO5/c1-6-28-21-18(23)10-17(11-19(21)27-5)22(26)29-12-20(25)24-15(4)16-8-7-13(2)14(3)9-16/h7-11,15H,6,12H2,1-5H3,(H,24,25)/t15-/m0/s1. The van der Waals surface area contributed by atoms with E-state index in [1.807, 2.05) is 45.9 Å². The number of carbonyl (C=O) groups is 2. The molecule has 7 heteroatoms. The van der Waals surface area contributed by atoms with Crippen molar-refractivity contribution in [2.75, 3.05) is 20.3 Å². The van der Waals surface area contributed by atoms with E-state index in [-0.39, 0.29) is 16.6 Å². The highest BCUT2D eigenvalue weighted by Gasteiger charge is 2.18. The number of rotatable bonds is 8. The molecule has 0 aliphatic rings. The fraction of sp³-hybridized carbons (Fsp3) is 0.364. The largest absolute Gasteiger partial charge is 0.493 e. The van der Waals surface area contributed by atoms with Gasteiger partial charge in [0.15, 0.2) is 18.1 Å². The lowest BCUT2D eigenvalue weighted by molar-refractivity contribution is -0.124. The molecule has 0 heterocycles. The second kappa shape index (κ2) is 10.2. The summed E-state index contributed by atoms with van der Waals surface area (Å²) in [6, 6.07) is 8.69. The maximum atomic E-state index is 12.3. The molecular weight excluding hydrogens is 394 g/mol. The maximum absolute atomic E-state index is 12.3. The Balaban J connectivity index is 1.98. The van der Waals surface area contributed by atoms with E-state index in [0.717, 1.165) is 11.1 Å². The van der Waals surface area contributed by atoms with Crippen molar-refractivity contribution in [3.05, 3.63) is 57.6 Å². The quantitative estimate of drug-likeness (QED) is 0.642. The van der Waals surface area contributed by atoms with Crippen molar-refractivity contribution in [1.29, 1.82) is 0 Å². The predicted octanol–water partition coefficient (Wildman–Crippen LogP) is 4.40. The lowest BCUT2D eigenvalue weighted by Gasteiger charge is -2.16. The van der Waals surface area contributed by atoms with Crippen LogP contribution in [-0.4, -0.2) is 32.2 Å². The van der Waals surface area contributed by atoms with Crippen molar-refractivity contribution in [3.63, 3.8) is 0 Å². The van der Waals surface area contributed by atoms with E-state index < -0.39 is 18.5 Å². The molecule has 0 saturated carbocycles. The number of amides is 1. The van der Waals surface area contributed by atoms with Crippen molar-refractivity contribution in [2.45, 2.75) is 33.7 Å². The molecule has 0 fully saturated rings. The van der Waals surface area contributed by atoms with Crippen LogP contribution in [0.3, 0.4) is 0 Å². The van der Waals surface area contributed by atoms with Gasteiger partial charge in [-0.1, -0.05) is 29.8 Å². The molecule has 0 aliphatic carbocycles. The summed E-state index contributed by atoms with van der Waals surface area (Å²) in [5.74, 6) is -0.400. The fourth-order valence-corrected chi connectivity index (χ4v) is 3.00. The van der Waals surface area contributed by atoms with Crippen LogP contribution in [0, 0.1) is 13.8 Å². The smallest absolute Gasteiger partial charge is 0.338 e. The number of aryl methyl sites for hydroxylation is 2.